The largest absolute Gasteiger partial charge is 0.508 e. The number of ketones is 1. The molecule has 0 spiro atoms. The number of aliphatic hydroxyl groups is 5. The van der Waals surface area contributed by atoms with Crippen molar-refractivity contribution in [2.24, 2.45) is 0 Å². The van der Waals surface area contributed by atoms with Gasteiger partial charge in [-0.3, -0.25) is 4.79 Å². The average Bonchev–Trinajstić information content (AvgIpc) is 2.66. The molecule has 1 aliphatic rings. The highest BCUT2D eigenvalue weighted by Gasteiger charge is 2.44. The lowest BCUT2D eigenvalue weighted by Crippen LogP contribution is -2.60. The first kappa shape index (κ1) is 21.9. The predicted octanol–water partition coefficient (Wildman–Crippen LogP) is -0.0820. The highest BCUT2D eigenvalue weighted by molar-refractivity contribution is 5.88. The van der Waals surface area contributed by atoms with Gasteiger partial charge in [-0.15, -0.1) is 0 Å². The Labute approximate surface area is 161 Å². The SMILES string of the molecule is COc1cc(/C=C/C(O)=C/C(C)=O)ccc1O[C@@H]1O[C@H](CO)[C@@H](O)[C@H](O)[C@H]1O. The van der Waals surface area contributed by atoms with E-state index in [1.54, 1.807) is 18.2 Å². The Morgan fingerprint density at radius 3 is 2.50 bits per heavy atom. The first-order valence-corrected chi connectivity index (χ1v) is 8.51. The van der Waals surface area contributed by atoms with Crippen LogP contribution < -0.4 is 9.47 Å². The summed E-state index contributed by atoms with van der Waals surface area (Å²) in [5.41, 5.74) is 0.626. The first-order chi connectivity index (χ1) is 13.3. The highest BCUT2D eigenvalue weighted by atomic mass is 16.7. The van der Waals surface area contributed by atoms with Crippen molar-refractivity contribution < 1.29 is 44.5 Å². The van der Waals surface area contributed by atoms with Crippen LogP contribution in [-0.2, 0) is 9.53 Å². The van der Waals surface area contributed by atoms with Crippen molar-refractivity contribution in [3.8, 4) is 11.5 Å². The monoisotopic (exact) mass is 396 g/mol. The number of hydrogen-bond donors (Lipinski definition) is 5. The van der Waals surface area contributed by atoms with E-state index in [0.29, 0.717) is 5.56 Å². The maximum absolute atomic E-state index is 10.9. The molecule has 1 aliphatic heterocycles. The van der Waals surface area contributed by atoms with Gasteiger partial charge in [0.2, 0.25) is 6.29 Å². The molecule has 5 N–H and O–H groups in total. The average molecular weight is 396 g/mol. The summed E-state index contributed by atoms with van der Waals surface area (Å²) in [5.74, 6) is -0.0299. The molecule has 0 aromatic heterocycles. The molecule has 28 heavy (non-hydrogen) atoms. The van der Waals surface area contributed by atoms with Gasteiger partial charge in [0.05, 0.1) is 13.7 Å². The van der Waals surface area contributed by atoms with Crippen LogP contribution >= 0.6 is 0 Å². The van der Waals surface area contributed by atoms with Crippen LogP contribution in [-0.4, -0.2) is 75.7 Å². The number of hydrogen-bond acceptors (Lipinski definition) is 9. The van der Waals surface area contributed by atoms with Crippen molar-refractivity contribution in [2.75, 3.05) is 13.7 Å². The minimum absolute atomic E-state index is 0.187. The lowest BCUT2D eigenvalue weighted by atomic mass is 9.99. The van der Waals surface area contributed by atoms with Gasteiger partial charge in [0.25, 0.3) is 0 Å². The van der Waals surface area contributed by atoms with Crippen LogP contribution in [0.2, 0.25) is 0 Å². The normalized spacial score (nSPS) is 28.4. The predicted molar refractivity (Wildman–Crippen MR) is 97.8 cm³/mol. The molecule has 1 heterocycles. The smallest absolute Gasteiger partial charge is 0.229 e. The molecule has 0 aliphatic carbocycles. The second-order valence-electron chi connectivity index (χ2n) is 6.24. The molecule has 0 radical (unpaired) electrons. The number of methoxy groups -OCH3 is 1. The Hall–Kier alpha value is -2.43. The molecule has 0 amide bonds. The fraction of sp³-hybridized carbons (Fsp3) is 0.421. The third-order valence-corrected chi connectivity index (χ3v) is 4.08. The van der Waals surface area contributed by atoms with Gasteiger partial charge in [-0.1, -0.05) is 12.1 Å². The Balaban J connectivity index is 2.18. The number of ether oxygens (including phenoxy) is 3. The zero-order chi connectivity index (χ0) is 20.8. The lowest BCUT2D eigenvalue weighted by Gasteiger charge is -2.39. The Bertz CT molecular complexity index is 741. The van der Waals surface area contributed by atoms with Crippen molar-refractivity contribution in [1.82, 2.24) is 0 Å². The van der Waals surface area contributed by atoms with E-state index in [0.717, 1.165) is 6.08 Å². The number of allylic oxidation sites excluding steroid dienone is 2. The molecule has 9 heteroatoms. The number of benzene rings is 1. The molecule has 0 unspecified atom stereocenters. The van der Waals surface area contributed by atoms with Crippen LogP contribution in [0.4, 0.5) is 0 Å². The van der Waals surface area contributed by atoms with Gasteiger partial charge in [0.1, 0.15) is 30.2 Å². The number of aliphatic hydroxyl groups excluding tert-OH is 5. The summed E-state index contributed by atoms with van der Waals surface area (Å²) in [6, 6.07) is 4.72. The molecule has 2 rings (SSSR count). The molecule has 0 bridgehead atoms. The minimum atomic E-state index is -1.56. The van der Waals surface area contributed by atoms with Gasteiger partial charge in [-0.25, -0.2) is 0 Å². The van der Waals surface area contributed by atoms with E-state index < -0.39 is 37.3 Å². The molecule has 154 valence electrons. The van der Waals surface area contributed by atoms with Crippen molar-refractivity contribution in [1.29, 1.82) is 0 Å². The van der Waals surface area contributed by atoms with Crippen LogP contribution in [0.3, 0.4) is 0 Å². The summed E-state index contributed by atoms with van der Waals surface area (Å²) in [6.45, 7) is 0.751. The second-order valence-corrected chi connectivity index (χ2v) is 6.24. The standard InChI is InChI=1S/C19H24O9/c1-10(21)7-12(22)5-3-11-4-6-13(14(8-11)26-2)27-19-18(25)17(24)16(23)15(9-20)28-19/h3-8,15-20,22-25H,9H2,1-2H3/b5-3+,12-7-/t15-,16-,17+,18-,19-/m1/s1. The molecule has 9 nitrogen and oxygen atoms in total. The quantitative estimate of drug-likeness (QED) is 0.243. The van der Waals surface area contributed by atoms with Crippen LogP contribution in [0.1, 0.15) is 12.5 Å². The minimum Gasteiger partial charge on any atom is -0.508 e. The van der Waals surface area contributed by atoms with E-state index in [1.165, 1.54) is 26.2 Å². The van der Waals surface area contributed by atoms with Crippen molar-refractivity contribution in [3.63, 3.8) is 0 Å². The highest BCUT2D eigenvalue weighted by Crippen LogP contribution is 2.32. The van der Waals surface area contributed by atoms with Crippen molar-refractivity contribution in [2.45, 2.75) is 37.6 Å². The summed E-state index contributed by atoms with van der Waals surface area (Å²) in [4.78, 5) is 10.9. The zero-order valence-electron chi connectivity index (χ0n) is 15.4. The molecular formula is C19H24O9. The van der Waals surface area contributed by atoms with E-state index in [1.807, 2.05) is 0 Å². The number of carbonyl (C=O) groups is 1. The fourth-order valence-electron chi connectivity index (χ4n) is 2.61. The number of rotatable bonds is 7. The topological polar surface area (TPSA) is 146 Å². The summed E-state index contributed by atoms with van der Waals surface area (Å²) in [6.07, 6.45) is -3.05. The number of carbonyl (C=O) groups excluding carboxylic acids is 1. The van der Waals surface area contributed by atoms with E-state index in [-0.39, 0.29) is 23.0 Å². The molecule has 5 atom stereocenters. The Morgan fingerprint density at radius 2 is 1.89 bits per heavy atom. The maximum Gasteiger partial charge on any atom is 0.229 e. The third-order valence-electron chi connectivity index (χ3n) is 4.08. The van der Waals surface area contributed by atoms with E-state index >= 15 is 0 Å². The van der Waals surface area contributed by atoms with Gasteiger partial charge in [0, 0.05) is 6.08 Å². The van der Waals surface area contributed by atoms with Gasteiger partial charge in [0.15, 0.2) is 17.3 Å². The van der Waals surface area contributed by atoms with Gasteiger partial charge < -0.3 is 39.7 Å². The summed E-state index contributed by atoms with van der Waals surface area (Å²) >= 11 is 0. The Kier molecular flexibility index (Phi) is 7.55. The molecule has 1 saturated heterocycles. The molecule has 1 aromatic rings. The third kappa shape index (κ3) is 5.31. The first-order valence-electron chi connectivity index (χ1n) is 8.51. The summed E-state index contributed by atoms with van der Waals surface area (Å²) in [7, 11) is 1.40. The summed E-state index contributed by atoms with van der Waals surface area (Å²) in [5, 5.41) is 48.5. The van der Waals surface area contributed by atoms with E-state index in [9.17, 15) is 30.3 Å². The molecule has 1 fully saturated rings. The molecular weight excluding hydrogens is 372 g/mol. The second kappa shape index (κ2) is 9.67. The lowest BCUT2D eigenvalue weighted by molar-refractivity contribution is -0.277. The molecule has 0 saturated carbocycles. The Morgan fingerprint density at radius 1 is 1.18 bits per heavy atom. The maximum atomic E-state index is 10.9. The van der Waals surface area contributed by atoms with Gasteiger partial charge in [-0.2, -0.15) is 0 Å². The van der Waals surface area contributed by atoms with Crippen LogP contribution in [0.5, 0.6) is 11.5 Å². The van der Waals surface area contributed by atoms with Crippen LogP contribution in [0.25, 0.3) is 6.08 Å². The van der Waals surface area contributed by atoms with Crippen molar-refractivity contribution in [3.05, 3.63) is 41.7 Å². The molecule has 1 aromatic carbocycles. The zero-order valence-corrected chi connectivity index (χ0v) is 15.4. The summed E-state index contributed by atoms with van der Waals surface area (Å²) < 4.78 is 16.1. The van der Waals surface area contributed by atoms with E-state index in [4.69, 9.17) is 14.2 Å². The van der Waals surface area contributed by atoms with Gasteiger partial charge in [-0.05, 0) is 30.7 Å². The van der Waals surface area contributed by atoms with Crippen molar-refractivity contribution >= 4 is 11.9 Å². The fourth-order valence-corrected chi connectivity index (χ4v) is 2.61. The van der Waals surface area contributed by atoms with Crippen LogP contribution in [0, 0.1) is 0 Å². The van der Waals surface area contributed by atoms with Gasteiger partial charge >= 0.3 is 0 Å². The van der Waals surface area contributed by atoms with Crippen LogP contribution in [0.15, 0.2) is 36.1 Å². The van der Waals surface area contributed by atoms with E-state index in [2.05, 4.69) is 0 Å².